The van der Waals surface area contributed by atoms with Crippen LogP contribution in [0.4, 0.5) is 0 Å². The molecule has 0 saturated carbocycles. The summed E-state index contributed by atoms with van der Waals surface area (Å²) < 4.78 is 6.21. The summed E-state index contributed by atoms with van der Waals surface area (Å²) in [6.07, 6.45) is 6.30. The molecule has 19 heavy (non-hydrogen) atoms. The minimum Gasteiger partial charge on any atom is -0.360 e. The lowest BCUT2D eigenvalue weighted by Gasteiger charge is -2.38. The van der Waals surface area contributed by atoms with Crippen LogP contribution in [0, 0.1) is 5.92 Å². The van der Waals surface area contributed by atoms with Crippen LogP contribution in [-0.2, 0) is 16.0 Å². The molecule has 0 aromatic heterocycles. The van der Waals surface area contributed by atoms with Gasteiger partial charge in [0, 0.05) is 6.54 Å². The number of nitrogens with zero attached hydrogens (tertiary/aromatic N) is 1. The molecule has 0 unspecified atom stereocenters. The third-order valence-electron chi connectivity index (χ3n) is 5.23. The lowest BCUT2D eigenvalue weighted by molar-refractivity contribution is -0.132. The summed E-state index contributed by atoms with van der Waals surface area (Å²) in [6.45, 7) is 0.834. The van der Waals surface area contributed by atoms with Gasteiger partial charge in [0.2, 0.25) is 5.91 Å². The Labute approximate surface area is 111 Å². The average molecular weight is 253 g/mol. The normalized spacial score (nSPS) is 41.4. The third kappa shape index (κ3) is 1.03. The summed E-state index contributed by atoms with van der Waals surface area (Å²) in [6, 6.07) is 8.61. The van der Waals surface area contributed by atoms with Crippen LogP contribution in [0.5, 0.6) is 0 Å². The molecule has 4 atom stereocenters. The molecular weight excluding hydrogens is 238 g/mol. The van der Waals surface area contributed by atoms with Crippen LogP contribution in [0.25, 0.3) is 0 Å². The number of benzene rings is 1. The van der Waals surface area contributed by atoms with Gasteiger partial charge in [-0.05, 0) is 24.0 Å². The molecule has 1 amide bonds. The lowest BCUT2D eigenvalue weighted by Crippen LogP contribution is -2.41. The van der Waals surface area contributed by atoms with Crippen molar-refractivity contribution in [1.82, 2.24) is 4.90 Å². The van der Waals surface area contributed by atoms with E-state index >= 15 is 0 Å². The molecule has 0 N–H and O–H groups in total. The van der Waals surface area contributed by atoms with Crippen LogP contribution in [0.15, 0.2) is 36.4 Å². The monoisotopic (exact) mass is 253 g/mol. The zero-order valence-electron chi connectivity index (χ0n) is 10.6. The molecule has 4 aliphatic heterocycles. The first-order valence-corrected chi connectivity index (χ1v) is 7.05. The number of fused-ring (bicyclic) bond motifs is 4. The van der Waals surface area contributed by atoms with E-state index in [9.17, 15) is 4.79 Å². The summed E-state index contributed by atoms with van der Waals surface area (Å²) in [5.41, 5.74) is 2.29. The number of carbonyl (C=O) groups is 1. The van der Waals surface area contributed by atoms with Gasteiger partial charge >= 0.3 is 0 Å². The molecule has 1 aromatic rings. The smallest absolute Gasteiger partial charge is 0.229 e. The fourth-order valence-corrected chi connectivity index (χ4v) is 4.47. The fourth-order valence-electron chi connectivity index (χ4n) is 4.47. The van der Waals surface area contributed by atoms with Crippen molar-refractivity contribution in [2.24, 2.45) is 5.92 Å². The Bertz CT molecular complexity index is 623. The third-order valence-corrected chi connectivity index (χ3v) is 5.23. The molecule has 0 aliphatic carbocycles. The number of hydrogen-bond acceptors (Lipinski definition) is 2. The van der Waals surface area contributed by atoms with Crippen molar-refractivity contribution >= 4 is 5.91 Å². The number of hydrogen-bond donors (Lipinski definition) is 0. The number of amides is 1. The Morgan fingerprint density at radius 1 is 1.32 bits per heavy atom. The highest BCUT2D eigenvalue weighted by atomic mass is 16.5. The van der Waals surface area contributed by atoms with Crippen molar-refractivity contribution in [3.8, 4) is 0 Å². The Morgan fingerprint density at radius 3 is 3.11 bits per heavy atom. The average Bonchev–Trinajstić information content (AvgIpc) is 3.09. The summed E-state index contributed by atoms with van der Waals surface area (Å²) in [7, 11) is 0. The Kier molecular flexibility index (Phi) is 1.67. The van der Waals surface area contributed by atoms with Crippen LogP contribution in [0.1, 0.15) is 23.6 Å². The second-order valence-electron chi connectivity index (χ2n) is 6.04. The van der Waals surface area contributed by atoms with E-state index in [1.54, 1.807) is 0 Å². The highest BCUT2D eigenvalue weighted by Crippen LogP contribution is 2.58. The van der Waals surface area contributed by atoms with E-state index in [4.69, 9.17) is 4.74 Å². The van der Waals surface area contributed by atoms with Gasteiger partial charge in [0.25, 0.3) is 0 Å². The van der Waals surface area contributed by atoms with Gasteiger partial charge in [0.05, 0.1) is 18.1 Å². The van der Waals surface area contributed by atoms with Gasteiger partial charge in [0.1, 0.15) is 5.60 Å². The van der Waals surface area contributed by atoms with Gasteiger partial charge in [-0.15, -0.1) is 0 Å². The zero-order chi connectivity index (χ0) is 12.6. The number of carbonyl (C=O) groups excluding carboxylic acids is 1. The molecular formula is C16H15NO2. The molecule has 2 bridgehead atoms. The molecule has 5 rings (SSSR count). The largest absolute Gasteiger partial charge is 0.360 e. The second kappa shape index (κ2) is 3.10. The topological polar surface area (TPSA) is 29.5 Å². The first kappa shape index (κ1) is 10.2. The first-order chi connectivity index (χ1) is 9.29. The minimum atomic E-state index is -0.377. The van der Waals surface area contributed by atoms with Crippen LogP contribution < -0.4 is 0 Å². The number of rotatable bonds is 0. The van der Waals surface area contributed by atoms with Crippen molar-refractivity contribution in [2.45, 2.75) is 30.6 Å². The molecule has 96 valence electrons. The van der Waals surface area contributed by atoms with Gasteiger partial charge in [-0.1, -0.05) is 36.4 Å². The predicted octanol–water partition coefficient (Wildman–Crippen LogP) is 1.84. The maximum absolute atomic E-state index is 12.6. The maximum Gasteiger partial charge on any atom is 0.229 e. The van der Waals surface area contributed by atoms with E-state index in [0.29, 0.717) is 5.91 Å². The van der Waals surface area contributed by atoms with Crippen LogP contribution in [0.3, 0.4) is 0 Å². The van der Waals surface area contributed by atoms with E-state index < -0.39 is 0 Å². The Morgan fingerprint density at radius 2 is 2.21 bits per heavy atom. The summed E-state index contributed by atoms with van der Waals surface area (Å²) in [5.74, 6) is 0.338. The van der Waals surface area contributed by atoms with Gasteiger partial charge < -0.3 is 9.64 Å². The maximum atomic E-state index is 12.6. The highest BCUT2D eigenvalue weighted by Gasteiger charge is 2.66. The van der Waals surface area contributed by atoms with Crippen molar-refractivity contribution in [3.05, 3.63) is 47.5 Å². The summed E-state index contributed by atoms with van der Waals surface area (Å²) >= 11 is 0. The van der Waals surface area contributed by atoms with Crippen molar-refractivity contribution < 1.29 is 9.53 Å². The van der Waals surface area contributed by atoms with Crippen molar-refractivity contribution in [2.75, 3.05) is 6.54 Å². The molecule has 4 heterocycles. The van der Waals surface area contributed by atoms with E-state index in [2.05, 4.69) is 41.3 Å². The van der Waals surface area contributed by atoms with E-state index in [-0.39, 0.29) is 23.7 Å². The molecule has 1 spiro atoms. The molecule has 0 radical (unpaired) electrons. The molecule has 1 aromatic carbocycles. The fraction of sp³-hybridized carbons (Fsp3) is 0.438. The van der Waals surface area contributed by atoms with Crippen molar-refractivity contribution in [1.29, 1.82) is 0 Å². The van der Waals surface area contributed by atoms with Gasteiger partial charge in [-0.3, -0.25) is 4.79 Å². The minimum absolute atomic E-state index is 0.0404. The summed E-state index contributed by atoms with van der Waals surface area (Å²) in [5, 5.41) is 0. The standard InChI is InChI=1S/C16H15NO2/c18-15-13-9-11-5-7-16(13,19-11)14-12-4-2-1-3-10(12)6-8-17(14)15/h1-5,7,11,13-14H,6,8-9H2/t11-,13+,14-,16+/m0/s1. The Hall–Kier alpha value is -1.61. The lowest BCUT2D eigenvalue weighted by atomic mass is 9.77. The van der Waals surface area contributed by atoms with Crippen LogP contribution in [0.2, 0.25) is 0 Å². The van der Waals surface area contributed by atoms with Gasteiger partial charge in [-0.2, -0.15) is 0 Å². The van der Waals surface area contributed by atoms with Crippen LogP contribution in [-0.4, -0.2) is 29.1 Å². The zero-order valence-corrected chi connectivity index (χ0v) is 10.6. The molecule has 3 heteroatoms. The van der Waals surface area contributed by atoms with Crippen molar-refractivity contribution in [3.63, 3.8) is 0 Å². The SMILES string of the molecule is O=C1[C@H]2C[C@@H]3C=C[C@]2(O3)[C@@H]2c3ccccc3CCN12. The molecule has 2 fully saturated rings. The van der Waals surface area contributed by atoms with E-state index in [0.717, 1.165) is 19.4 Å². The molecule has 2 saturated heterocycles. The van der Waals surface area contributed by atoms with Gasteiger partial charge in [-0.25, -0.2) is 0 Å². The quantitative estimate of drug-likeness (QED) is 0.660. The molecule has 4 aliphatic rings. The summed E-state index contributed by atoms with van der Waals surface area (Å²) in [4.78, 5) is 14.7. The van der Waals surface area contributed by atoms with E-state index in [1.165, 1.54) is 11.1 Å². The first-order valence-electron chi connectivity index (χ1n) is 7.05. The van der Waals surface area contributed by atoms with Gasteiger partial charge in [0.15, 0.2) is 0 Å². The molecule has 3 nitrogen and oxygen atoms in total. The second-order valence-corrected chi connectivity index (χ2v) is 6.04. The Balaban J connectivity index is 1.75. The predicted molar refractivity (Wildman–Crippen MR) is 69.5 cm³/mol. The highest BCUT2D eigenvalue weighted by molar-refractivity contribution is 5.86. The van der Waals surface area contributed by atoms with Crippen LogP contribution >= 0.6 is 0 Å². The van der Waals surface area contributed by atoms with E-state index in [1.807, 2.05) is 0 Å². The number of ether oxygens (including phenoxy) is 1.